The fraction of sp³-hybridized carbons (Fsp3) is 0.417. The van der Waals surface area contributed by atoms with Gasteiger partial charge in [-0.2, -0.15) is 0 Å². The number of non-ortho nitro benzene ring substituents is 1. The van der Waals surface area contributed by atoms with Gasteiger partial charge in [-0.1, -0.05) is 13.0 Å². The standard InChI is InChI=1S/C12H16N2O4/c1-4-10(12(15)16)13(3)11-7-9(14(17)18)6-5-8(11)2/h5-7,10H,4H2,1-3H3,(H,15,16). The molecule has 0 radical (unpaired) electrons. The SMILES string of the molecule is CCC(C(=O)O)N(C)c1cc([N+](=O)[O-])ccc1C. The molecule has 0 fully saturated rings. The number of rotatable bonds is 5. The molecule has 0 saturated heterocycles. The third-order valence-corrected chi connectivity index (χ3v) is 2.92. The molecule has 98 valence electrons. The van der Waals surface area contributed by atoms with E-state index >= 15 is 0 Å². The lowest BCUT2D eigenvalue weighted by atomic mass is 10.1. The Morgan fingerprint density at radius 1 is 1.56 bits per heavy atom. The van der Waals surface area contributed by atoms with Crippen LogP contribution in [0.5, 0.6) is 0 Å². The number of likely N-dealkylation sites (N-methyl/N-ethyl adjacent to an activating group) is 1. The monoisotopic (exact) mass is 252 g/mol. The first-order valence-corrected chi connectivity index (χ1v) is 5.59. The van der Waals surface area contributed by atoms with Gasteiger partial charge >= 0.3 is 5.97 Å². The quantitative estimate of drug-likeness (QED) is 0.641. The summed E-state index contributed by atoms with van der Waals surface area (Å²) in [6.45, 7) is 3.56. The zero-order chi connectivity index (χ0) is 13.9. The molecule has 0 aliphatic rings. The second-order valence-corrected chi connectivity index (χ2v) is 4.10. The van der Waals surface area contributed by atoms with Gasteiger partial charge in [0.2, 0.25) is 0 Å². The number of carboxylic acid groups (broad SMARTS) is 1. The molecular formula is C12H16N2O4. The number of hydrogen-bond donors (Lipinski definition) is 1. The van der Waals surface area contributed by atoms with E-state index in [1.807, 2.05) is 0 Å². The van der Waals surface area contributed by atoms with Crippen LogP contribution < -0.4 is 4.90 Å². The topological polar surface area (TPSA) is 83.7 Å². The summed E-state index contributed by atoms with van der Waals surface area (Å²) >= 11 is 0. The van der Waals surface area contributed by atoms with Crippen molar-refractivity contribution in [2.75, 3.05) is 11.9 Å². The highest BCUT2D eigenvalue weighted by Crippen LogP contribution is 2.26. The Balaban J connectivity index is 3.18. The molecular weight excluding hydrogens is 236 g/mol. The number of aryl methyl sites for hydroxylation is 1. The van der Waals surface area contributed by atoms with Crippen LogP contribution in [0.3, 0.4) is 0 Å². The first-order chi connectivity index (χ1) is 8.38. The van der Waals surface area contributed by atoms with Crippen LogP contribution in [-0.4, -0.2) is 29.1 Å². The molecule has 0 bridgehead atoms. The zero-order valence-corrected chi connectivity index (χ0v) is 10.6. The van der Waals surface area contributed by atoms with Gasteiger partial charge in [-0.25, -0.2) is 4.79 Å². The Bertz CT molecular complexity index is 473. The van der Waals surface area contributed by atoms with Crippen LogP contribution in [0.2, 0.25) is 0 Å². The maximum atomic E-state index is 11.1. The third kappa shape index (κ3) is 2.77. The second-order valence-electron chi connectivity index (χ2n) is 4.10. The maximum Gasteiger partial charge on any atom is 0.326 e. The van der Waals surface area contributed by atoms with Crippen LogP contribution in [0, 0.1) is 17.0 Å². The van der Waals surface area contributed by atoms with Crippen molar-refractivity contribution in [3.63, 3.8) is 0 Å². The molecule has 1 unspecified atom stereocenters. The molecule has 0 aliphatic carbocycles. The van der Waals surface area contributed by atoms with Gasteiger partial charge in [-0.15, -0.1) is 0 Å². The van der Waals surface area contributed by atoms with Crippen molar-refractivity contribution in [3.05, 3.63) is 33.9 Å². The summed E-state index contributed by atoms with van der Waals surface area (Å²) in [5.74, 6) is -0.939. The fourth-order valence-electron chi connectivity index (χ4n) is 1.87. The smallest absolute Gasteiger partial charge is 0.326 e. The number of carbonyl (C=O) groups is 1. The second kappa shape index (κ2) is 5.48. The molecule has 6 heteroatoms. The number of aliphatic carboxylic acids is 1. The number of carboxylic acids is 1. The van der Waals surface area contributed by atoms with E-state index in [0.717, 1.165) is 5.56 Å². The van der Waals surface area contributed by atoms with E-state index < -0.39 is 16.9 Å². The van der Waals surface area contributed by atoms with Crippen LogP contribution in [0.1, 0.15) is 18.9 Å². The molecule has 0 heterocycles. The number of nitro groups is 1. The predicted octanol–water partition coefficient (Wildman–Crippen LogP) is 2.20. The molecule has 6 nitrogen and oxygen atoms in total. The molecule has 1 N–H and O–H groups in total. The highest BCUT2D eigenvalue weighted by Gasteiger charge is 2.23. The first kappa shape index (κ1) is 14.0. The Kier molecular flexibility index (Phi) is 4.25. The van der Waals surface area contributed by atoms with Crippen molar-refractivity contribution < 1.29 is 14.8 Å². The van der Waals surface area contributed by atoms with Gasteiger partial charge in [0, 0.05) is 24.9 Å². The summed E-state index contributed by atoms with van der Waals surface area (Å²) in [7, 11) is 1.63. The number of nitro benzene ring substituents is 1. The summed E-state index contributed by atoms with van der Waals surface area (Å²) < 4.78 is 0. The van der Waals surface area contributed by atoms with Gasteiger partial charge in [0.1, 0.15) is 6.04 Å². The van der Waals surface area contributed by atoms with E-state index in [1.165, 1.54) is 12.1 Å². The molecule has 0 saturated carbocycles. The van der Waals surface area contributed by atoms with Crippen molar-refractivity contribution in [2.24, 2.45) is 0 Å². The van der Waals surface area contributed by atoms with E-state index in [1.54, 1.807) is 31.9 Å². The lowest BCUT2D eigenvalue weighted by Crippen LogP contribution is -2.38. The lowest BCUT2D eigenvalue weighted by molar-refractivity contribution is -0.384. The summed E-state index contributed by atoms with van der Waals surface area (Å²) in [6.07, 6.45) is 0.425. The van der Waals surface area contributed by atoms with Gasteiger partial charge < -0.3 is 10.0 Å². The van der Waals surface area contributed by atoms with E-state index in [2.05, 4.69) is 0 Å². The minimum Gasteiger partial charge on any atom is -0.480 e. The van der Waals surface area contributed by atoms with Gasteiger partial charge in [-0.05, 0) is 18.9 Å². The van der Waals surface area contributed by atoms with Crippen LogP contribution in [0.25, 0.3) is 0 Å². The normalized spacial score (nSPS) is 11.9. The molecule has 1 rings (SSSR count). The number of nitrogens with zero attached hydrogens (tertiary/aromatic N) is 2. The largest absolute Gasteiger partial charge is 0.480 e. The highest BCUT2D eigenvalue weighted by atomic mass is 16.6. The van der Waals surface area contributed by atoms with Gasteiger partial charge in [-0.3, -0.25) is 10.1 Å². The average Bonchev–Trinajstić information content (AvgIpc) is 2.29. The molecule has 1 aromatic rings. The molecule has 18 heavy (non-hydrogen) atoms. The molecule has 0 aliphatic heterocycles. The maximum absolute atomic E-state index is 11.1. The van der Waals surface area contributed by atoms with Crippen LogP contribution >= 0.6 is 0 Å². The van der Waals surface area contributed by atoms with Gasteiger partial charge in [0.15, 0.2) is 0 Å². The van der Waals surface area contributed by atoms with Gasteiger partial charge in [0.25, 0.3) is 5.69 Å². The van der Waals surface area contributed by atoms with Crippen LogP contribution in [0.15, 0.2) is 18.2 Å². The molecule has 0 spiro atoms. The average molecular weight is 252 g/mol. The fourth-order valence-corrected chi connectivity index (χ4v) is 1.87. The summed E-state index contributed by atoms with van der Waals surface area (Å²) in [5.41, 5.74) is 1.34. The summed E-state index contributed by atoms with van der Waals surface area (Å²) in [5, 5.41) is 19.8. The van der Waals surface area contributed by atoms with Crippen LogP contribution in [0.4, 0.5) is 11.4 Å². The molecule has 1 aromatic carbocycles. The predicted molar refractivity (Wildman–Crippen MR) is 68.0 cm³/mol. The van der Waals surface area contributed by atoms with Crippen LogP contribution in [-0.2, 0) is 4.79 Å². The minimum absolute atomic E-state index is 0.0392. The Labute approximate surface area is 105 Å². The first-order valence-electron chi connectivity index (χ1n) is 5.59. The number of anilines is 1. The van der Waals surface area contributed by atoms with Crippen molar-refractivity contribution in [2.45, 2.75) is 26.3 Å². The number of benzene rings is 1. The summed E-state index contributed by atoms with van der Waals surface area (Å²) in [6, 6.07) is 3.75. The Morgan fingerprint density at radius 3 is 2.61 bits per heavy atom. The van der Waals surface area contributed by atoms with Crippen molar-refractivity contribution in [1.82, 2.24) is 0 Å². The summed E-state index contributed by atoms with van der Waals surface area (Å²) in [4.78, 5) is 22.9. The third-order valence-electron chi connectivity index (χ3n) is 2.92. The Morgan fingerprint density at radius 2 is 2.17 bits per heavy atom. The zero-order valence-electron chi connectivity index (χ0n) is 10.6. The molecule has 0 amide bonds. The van der Waals surface area contributed by atoms with E-state index in [0.29, 0.717) is 12.1 Å². The van der Waals surface area contributed by atoms with Crippen molar-refractivity contribution in [1.29, 1.82) is 0 Å². The van der Waals surface area contributed by atoms with Crippen molar-refractivity contribution in [3.8, 4) is 0 Å². The highest BCUT2D eigenvalue weighted by molar-refractivity contribution is 5.78. The molecule has 0 aromatic heterocycles. The minimum atomic E-state index is -0.939. The van der Waals surface area contributed by atoms with E-state index in [-0.39, 0.29) is 5.69 Å². The Hall–Kier alpha value is -2.11. The van der Waals surface area contributed by atoms with Gasteiger partial charge in [0.05, 0.1) is 4.92 Å². The van der Waals surface area contributed by atoms with Crippen molar-refractivity contribution >= 4 is 17.3 Å². The molecule has 1 atom stereocenters. The van der Waals surface area contributed by atoms with E-state index in [9.17, 15) is 14.9 Å². The lowest BCUT2D eigenvalue weighted by Gasteiger charge is -2.27. The van der Waals surface area contributed by atoms with E-state index in [4.69, 9.17) is 5.11 Å². The number of hydrogen-bond acceptors (Lipinski definition) is 4.